The molecule has 0 radical (unpaired) electrons. The lowest BCUT2D eigenvalue weighted by Crippen LogP contribution is -2.43. The van der Waals surface area contributed by atoms with E-state index in [4.69, 9.17) is 14.6 Å². The number of carboxylic acids is 1. The number of carbonyl (C=O) groups is 1. The summed E-state index contributed by atoms with van der Waals surface area (Å²) in [7, 11) is 0. The van der Waals surface area contributed by atoms with Gasteiger partial charge in [-0.15, -0.1) is 0 Å². The summed E-state index contributed by atoms with van der Waals surface area (Å²) in [6.45, 7) is 6.53. The predicted molar refractivity (Wildman–Crippen MR) is 72.0 cm³/mol. The third kappa shape index (κ3) is 6.12. The molecule has 124 valence electrons. The molecule has 1 aliphatic rings. The molecule has 0 unspecified atom stereocenters. The van der Waals surface area contributed by atoms with Crippen LogP contribution in [0.1, 0.15) is 6.92 Å². The van der Waals surface area contributed by atoms with Gasteiger partial charge in [0.25, 0.3) is 0 Å². The van der Waals surface area contributed by atoms with Gasteiger partial charge in [0.1, 0.15) is 5.82 Å². The van der Waals surface area contributed by atoms with Crippen molar-refractivity contribution >= 4 is 11.8 Å². The largest absolute Gasteiger partial charge is 0.490 e. The molecule has 0 atom stereocenters. The van der Waals surface area contributed by atoms with Crippen molar-refractivity contribution in [3.05, 3.63) is 12.3 Å². The molecule has 0 bridgehead atoms. The van der Waals surface area contributed by atoms with E-state index in [9.17, 15) is 13.2 Å². The van der Waals surface area contributed by atoms with Crippen LogP contribution in [0.5, 0.6) is 6.01 Å². The van der Waals surface area contributed by atoms with E-state index in [1.54, 1.807) is 6.20 Å². The lowest BCUT2D eigenvalue weighted by atomic mass is 10.3. The minimum Gasteiger partial charge on any atom is -0.475 e. The standard InChI is InChI=1S/C10H16N4O.C2HF3O2/c1-2-15-10-12-4-3-9(13-10)14-7-5-11-6-8-14;3-2(4,5)1(6)7/h3-4,11H,2,5-8H2,1H3;(H,6,7). The minimum atomic E-state index is -5.08. The first kappa shape index (κ1) is 18.0. The molecular weight excluding hydrogens is 305 g/mol. The summed E-state index contributed by atoms with van der Waals surface area (Å²) < 4.78 is 37.0. The average molecular weight is 322 g/mol. The molecule has 2 N–H and O–H groups in total. The van der Waals surface area contributed by atoms with Gasteiger partial charge in [-0.25, -0.2) is 9.78 Å². The van der Waals surface area contributed by atoms with E-state index >= 15 is 0 Å². The second-order valence-electron chi connectivity index (χ2n) is 4.17. The molecule has 1 aromatic rings. The zero-order valence-electron chi connectivity index (χ0n) is 11.9. The number of nitrogens with one attached hydrogen (secondary N) is 1. The van der Waals surface area contributed by atoms with Gasteiger partial charge in [-0.2, -0.15) is 18.2 Å². The fraction of sp³-hybridized carbons (Fsp3) is 0.583. The Bertz CT molecular complexity index is 479. The maximum absolute atomic E-state index is 10.6. The molecule has 22 heavy (non-hydrogen) atoms. The monoisotopic (exact) mass is 322 g/mol. The van der Waals surface area contributed by atoms with Gasteiger partial charge >= 0.3 is 18.2 Å². The van der Waals surface area contributed by atoms with Gasteiger partial charge in [-0.05, 0) is 13.0 Å². The van der Waals surface area contributed by atoms with Crippen LogP contribution in [0.2, 0.25) is 0 Å². The molecule has 0 spiro atoms. The normalized spacial score (nSPS) is 14.8. The molecule has 7 nitrogen and oxygen atoms in total. The van der Waals surface area contributed by atoms with Crippen molar-refractivity contribution in [3.8, 4) is 6.01 Å². The number of anilines is 1. The van der Waals surface area contributed by atoms with E-state index in [0.29, 0.717) is 12.6 Å². The van der Waals surface area contributed by atoms with Crippen LogP contribution in [0.25, 0.3) is 0 Å². The summed E-state index contributed by atoms with van der Waals surface area (Å²) in [5.41, 5.74) is 0. The van der Waals surface area contributed by atoms with Crippen molar-refractivity contribution in [3.63, 3.8) is 0 Å². The first-order valence-electron chi connectivity index (χ1n) is 6.56. The highest BCUT2D eigenvalue weighted by molar-refractivity contribution is 5.73. The van der Waals surface area contributed by atoms with E-state index < -0.39 is 12.1 Å². The maximum atomic E-state index is 10.6. The molecule has 1 saturated heterocycles. The summed E-state index contributed by atoms with van der Waals surface area (Å²) in [6, 6.07) is 2.39. The molecule has 0 amide bonds. The van der Waals surface area contributed by atoms with Crippen molar-refractivity contribution in [2.24, 2.45) is 0 Å². The van der Waals surface area contributed by atoms with Crippen LogP contribution in [-0.2, 0) is 4.79 Å². The van der Waals surface area contributed by atoms with E-state index in [1.807, 2.05) is 13.0 Å². The Morgan fingerprint density at radius 2 is 2.05 bits per heavy atom. The van der Waals surface area contributed by atoms with Gasteiger partial charge in [0, 0.05) is 32.4 Å². The van der Waals surface area contributed by atoms with Crippen LogP contribution in [0.4, 0.5) is 19.0 Å². The summed E-state index contributed by atoms with van der Waals surface area (Å²) in [5.74, 6) is -1.80. The lowest BCUT2D eigenvalue weighted by molar-refractivity contribution is -0.192. The van der Waals surface area contributed by atoms with Gasteiger partial charge in [0.05, 0.1) is 6.61 Å². The van der Waals surface area contributed by atoms with Gasteiger partial charge in [-0.1, -0.05) is 0 Å². The van der Waals surface area contributed by atoms with Crippen LogP contribution >= 0.6 is 0 Å². The fourth-order valence-electron chi connectivity index (χ4n) is 1.60. The Morgan fingerprint density at radius 3 is 2.55 bits per heavy atom. The highest BCUT2D eigenvalue weighted by atomic mass is 19.4. The van der Waals surface area contributed by atoms with Crippen LogP contribution in [-0.4, -0.2) is 60.0 Å². The van der Waals surface area contributed by atoms with E-state index in [0.717, 1.165) is 32.0 Å². The smallest absolute Gasteiger partial charge is 0.475 e. The number of ether oxygens (including phenoxy) is 1. The lowest BCUT2D eigenvalue weighted by Gasteiger charge is -2.28. The van der Waals surface area contributed by atoms with E-state index in [-0.39, 0.29) is 0 Å². The third-order valence-corrected chi connectivity index (χ3v) is 2.58. The first-order chi connectivity index (χ1) is 10.3. The summed E-state index contributed by atoms with van der Waals surface area (Å²) in [4.78, 5) is 19.5. The fourth-order valence-corrected chi connectivity index (χ4v) is 1.60. The molecule has 1 fully saturated rings. The summed E-state index contributed by atoms with van der Waals surface area (Å²) in [6.07, 6.45) is -3.34. The molecule has 1 aliphatic heterocycles. The Labute approximate surface area is 125 Å². The van der Waals surface area contributed by atoms with Gasteiger partial charge in [0.2, 0.25) is 0 Å². The highest BCUT2D eigenvalue weighted by Gasteiger charge is 2.38. The zero-order chi connectivity index (χ0) is 16.6. The average Bonchev–Trinajstić information content (AvgIpc) is 2.48. The van der Waals surface area contributed by atoms with E-state index in [1.165, 1.54) is 0 Å². The minimum absolute atomic E-state index is 0.466. The van der Waals surface area contributed by atoms with Crippen LogP contribution in [0, 0.1) is 0 Å². The molecule has 1 aromatic heterocycles. The maximum Gasteiger partial charge on any atom is 0.490 e. The van der Waals surface area contributed by atoms with E-state index in [2.05, 4.69) is 20.2 Å². The molecule has 2 rings (SSSR count). The second kappa shape index (κ2) is 8.37. The number of carboxylic acid groups (broad SMARTS) is 1. The SMILES string of the molecule is CCOc1nccc(N2CCNCC2)n1.O=C(O)C(F)(F)F. The molecule has 2 heterocycles. The Morgan fingerprint density at radius 1 is 1.45 bits per heavy atom. The molecule has 0 aromatic carbocycles. The molecule has 0 aliphatic carbocycles. The van der Waals surface area contributed by atoms with Crippen molar-refractivity contribution in [1.82, 2.24) is 15.3 Å². The summed E-state index contributed by atoms with van der Waals surface area (Å²) in [5, 5.41) is 10.4. The van der Waals surface area contributed by atoms with Crippen LogP contribution < -0.4 is 15.0 Å². The number of hydrogen-bond donors (Lipinski definition) is 2. The quantitative estimate of drug-likeness (QED) is 0.855. The van der Waals surface area contributed by atoms with Gasteiger partial charge < -0.3 is 20.1 Å². The molecule has 10 heteroatoms. The first-order valence-corrected chi connectivity index (χ1v) is 6.56. The van der Waals surface area contributed by atoms with Crippen molar-refractivity contribution in [1.29, 1.82) is 0 Å². The number of piperazine rings is 1. The number of nitrogens with zero attached hydrogens (tertiary/aromatic N) is 3. The summed E-state index contributed by atoms with van der Waals surface area (Å²) >= 11 is 0. The van der Waals surface area contributed by atoms with Crippen LogP contribution in [0.15, 0.2) is 12.3 Å². The van der Waals surface area contributed by atoms with Crippen molar-refractivity contribution in [2.45, 2.75) is 13.1 Å². The Hall–Kier alpha value is -2.10. The topological polar surface area (TPSA) is 87.6 Å². The third-order valence-electron chi connectivity index (χ3n) is 2.58. The number of aliphatic carboxylic acids is 1. The Kier molecular flexibility index (Phi) is 6.83. The van der Waals surface area contributed by atoms with Crippen molar-refractivity contribution < 1.29 is 27.8 Å². The highest BCUT2D eigenvalue weighted by Crippen LogP contribution is 2.14. The molecule has 0 saturated carbocycles. The van der Waals surface area contributed by atoms with Crippen LogP contribution in [0.3, 0.4) is 0 Å². The predicted octanol–water partition coefficient (Wildman–Crippen LogP) is 0.918. The number of alkyl halides is 3. The van der Waals surface area contributed by atoms with Gasteiger partial charge in [0.15, 0.2) is 0 Å². The van der Waals surface area contributed by atoms with Gasteiger partial charge in [-0.3, -0.25) is 0 Å². The number of rotatable bonds is 3. The zero-order valence-corrected chi connectivity index (χ0v) is 11.9. The number of hydrogen-bond acceptors (Lipinski definition) is 6. The van der Waals surface area contributed by atoms with Crippen molar-refractivity contribution in [2.75, 3.05) is 37.7 Å². The number of halogens is 3. The number of aromatic nitrogens is 2. The molecular formula is C12H17F3N4O3. The second-order valence-corrected chi connectivity index (χ2v) is 4.17. The Balaban J connectivity index is 0.000000295.